The third kappa shape index (κ3) is 7.99. The van der Waals surface area contributed by atoms with Crippen molar-refractivity contribution in [2.24, 2.45) is 4.99 Å². The van der Waals surface area contributed by atoms with E-state index in [4.69, 9.17) is 19.2 Å². The predicted octanol–water partition coefficient (Wildman–Crippen LogP) is 6.18. The molecule has 0 spiro atoms. The van der Waals surface area contributed by atoms with Gasteiger partial charge in [-0.3, -0.25) is 9.36 Å². The van der Waals surface area contributed by atoms with Crippen LogP contribution in [0.5, 0.6) is 0 Å². The van der Waals surface area contributed by atoms with Gasteiger partial charge in [0.1, 0.15) is 29.8 Å². The van der Waals surface area contributed by atoms with Gasteiger partial charge in [0.15, 0.2) is 0 Å². The van der Waals surface area contributed by atoms with E-state index in [1.165, 1.54) is 0 Å². The van der Waals surface area contributed by atoms with Crippen LogP contribution in [0.1, 0.15) is 55.5 Å². The highest BCUT2D eigenvalue weighted by molar-refractivity contribution is 5.90. The molecule has 3 aromatic carbocycles. The van der Waals surface area contributed by atoms with Crippen molar-refractivity contribution in [2.45, 2.75) is 51.7 Å². The van der Waals surface area contributed by atoms with Crippen LogP contribution in [-0.4, -0.2) is 70.2 Å². The molecule has 0 amide bonds. The normalized spacial score (nSPS) is 17.1. The van der Waals surface area contributed by atoms with Gasteiger partial charge >= 0.3 is 11.9 Å². The molecule has 3 atom stereocenters. The second kappa shape index (κ2) is 15.4. The van der Waals surface area contributed by atoms with E-state index in [2.05, 4.69) is 11.6 Å². The summed E-state index contributed by atoms with van der Waals surface area (Å²) in [5.74, 6) is -0.806. The summed E-state index contributed by atoms with van der Waals surface area (Å²) in [6.45, 7) is 8.23. The van der Waals surface area contributed by atoms with E-state index in [0.717, 1.165) is 16.7 Å². The summed E-state index contributed by atoms with van der Waals surface area (Å²) >= 11 is 0. The fourth-order valence-corrected chi connectivity index (χ4v) is 5.99. The molecule has 0 N–H and O–H groups in total. The van der Waals surface area contributed by atoms with Gasteiger partial charge in [-0.1, -0.05) is 71.8 Å². The lowest BCUT2D eigenvalue weighted by atomic mass is 10.1. The lowest BCUT2D eigenvalue weighted by molar-refractivity contribution is -0.0425. The number of nitrogens with zero attached hydrogens (tertiary/aromatic N) is 5. The number of allylic oxidation sites excluding steroid dienone is 1. The standard InChI is InChI=1S/C40H41N5O6/c1-6-20-44-23-31(35-36(44)37(46)45(22-28-10-8-7-9-11-28)40(42-35)41-25-43(4)5)32-21-33(51-39(48)30-18-14-27(3)15-19-30)34(50-32)24-49-38(47)29-16-12-26(2)13-17-29/h6-19,23,25,32-34H,1,20-22,24H2,2-5H3/b41-25-/t32-,33+,34+/m1/s1. The summed E-state index contributed by atoms with van der Waals surface area (Å²) in [4.78, 5) is 51.9. The molecule has 262 valence electrons. The van der Waals surface area contributed by atoms with E-state index >= 15 is 0 Å². The molecule has 5 aromatic rings. The second-order valence-corrected chi connectivity index (χ2v) is 12.9. The van der Waals surface area contributed by atoms with Crippen molar-refractivity contribution in [1.82, 2.24) is 19.0 Å². The molecule has 0 unspecified atom stereocenters. The Morgan fingerprint density at radius 1 is 0.980 bits per heavy atom. The minimum atomic E-state index is -0.790. The zero-order valence-corrected chi connectivity index (χ0v) is 29.2. The van der Waals surface area contributed by atoms with Gasteiger partial charge in [-0.15, -0.1) is 6.58 Å². The summed E-state index contributed by atoms with van der Waals surface area (Å²) in [6, 6.07) is 23.8. The Kier molecular flexibility index (Phi) is 10.6. The number of carbonyl (C=O) groups is 2. The van der Waals surface area contributed by atoms with E-state index in [1.807, 2.05) is 88.7 Å². The lowest BCUT2D eigenvalue weighted by Gasteiger charge is -2.19. The van der Waals surface area contributed by atoms with Crippen LogP contribution in [0.3, 0.4) is 0 Å². The second-order valence-electron chi connectivity index (χ2n) is 12.9. The summed E-state index contributed by atoms with van der Waals surface area (Å²) < 4.78 is 21.6. The Balaban J connectivity index is 1.38. The van der Waals surface area contributed by atoms with Crippen LogP contribution in [-0.2, 0) is 27.3 Å². The smallest absolute Gasteiger partial charge is 0.338 e. The number of rotatable bonds is 12. The van der Waals surface area contributed by atoms with Gasteiger partial charge in [0.25, 0.3) is 5.56 Å². The SMILES string of the molecule is C=CCn1cc([C@H]2C[C@H](OC(=O)c3ccc(C)cc3)[C@H](COC(=O)c3ccc(C)cc3)O2)c2nc(/N=C\N(C)C)n(Cc3ccccc3)c(=O)c21. The van der Waals surface area contributed by atoms with Crippen molar-refractivity contribution >= 4 is 35.3 Å². The molecule has 51 heavy (non-hydrogen) atoms. The third-order valence-corrected chi connectivity index (χ3v) is 8.65. The number of aryl methyl sites for hydroxylation is 2. The molecule has 6 rings (SSSR count). The Bertz CT molecular complexity index is 2120. The molecule has 11 heteroatoms. The molecule has 1 saturated heterocycles. The average Bonchev–Trinajstić information content (AvgIpc) is 3.69. The summed E-state index contributed by atoms with van der Waals surface area (Å²) in [5.41, 5.74) is 4.89. The maximum atomic E-state index is 14.3. The van der Waals surface area contributed by atoms with Gasteiger partial charge in [-0.25, -0.2) is 19.6 Å². The van der Waals surface area contributed by atoms with Crippen molar-refractivity contribution in [1.29, 1.82) is 0 Å². The summed E-state index contributed by atoms with van der Waals surface area (Å²) in [7, 11) is 3.67. The van der Waals surface area contributed by atoms with Crippen LogP contribution in [0.15, 0.2) is 108 Å². The molecule has 11 nitrogen and oxygen atoms in total. The molecular formula is C40H41N5O6. The maximum absolute atomic E-state index is 14.3. The average molecular weight is 688 g/mol. The molecule has 0 aliphatic carbocycles. The number of fused-ring (bicyclic) bond motifs is 1. The maximum Gasteiger partial charge on any atom is 0.338 e. The number of benzene rings is 3. The third-order valence-electron chi connectivity index (χ3n) is 8.65. The van der Waals surface area contributed by atoms with Crippen LogP contribution in [0.2, 0.25) is 0 Å². The van der Waals surface area contributed by atoms with Crippen molar-refractivity contribution in [3.8, 4) is 0 Å². The first-order chi connectivity index (χ1) is 24.6. The highest BCUT2D eigenvalue weighted by Crippen LogP contribution is 2.39. The predicted molar refractivity (Wildman–Crippen MR) is 196 cm³/mol. The summed E-state index contributed by atoms with van der Waals surface area (Å²) in [6.07, 6.45) is 3.16. The zero-order valence-electron chi connectivity index (χ0n) is 29.2. The van der Waals surface area contributed by atoms with E-state index in [1.54, 1.807) is 50.7 Å². The number of aromatic nitrogens is 3. The first-order valence-electron chi connectivity index (χ1n) is 16.8. The fourth-order valence-electron chi connectivity index (χ4n) is 5.99. The quantitative estimate of drug-likeness (QED) is 0.0661. The minimum Gasteiger partial charge on any atom is -0.459 e. The molecule has 1 aliphatic rings. The number of hydrogen-bond acceptors (Lipinski definition) is 8. The molecule has 2 aromatic heterocycles. The Hall–Kier alpha value is -5.81. The van der Waals surface area contributed by atoms with Crippen LogP contribution in [0, 0.1) is 13.8 Å². The highest BCUT2D eigenvalue weighted by atomic mass is 16.6. The van der Waals surface area contributed by atoms with E-state index in [-0.39, 0.29) is 31.1 Å². The highest BCUT2D eigenvalue weighted by Gasteiger charge is 2.41. The Labute approximate surface area is 296 Å². The van der Waals surface area contributed by atoms with Crippen molar-refractivity contribution in [3.63, 3.8) is 0 Å². The lowest BCUT2D eigenvalue weighted by Crippen LogP contribution is -2.32. The molecule has 1 aliphatic heterocycles. The van der Waals surface area contributed by atoms with Gasteiger partial charge in [-0.05, 0) is 43.7 Å². The van der Waals surface area contributed by atoms with Gasteiger partial charge < -0.3 is 23.7 Å². The minimum absolute atomic E-state index is 0.157. The van der Waals surface area contributed by atoms with Crippen LogP contribution >= 0.6 is 0 Å². The van der Waals surface area contributed by atoms with Crippen LogP contribution in [0.4, 0.5) is 5.95 Å². The molecule has 0 saturated carbocycles. The molecule has 0 radical (unpaired) electrons. The largest absolute Gasteiger partial charge is 0.459 e. The van der Waals surface area contributed by atoms with Gasteiger partial charge in [-0.2, -0.15) is 0 Å². The van der Waals surface area contributed by atoms with Crippen LogP contribution in [0.25, 0.3) is 11.0 Å². The number of carbonyl (C=O) groups excluding carboxylic acids is 2. The first-order valence-corrected chi connectivity index (χ1v) is 16.8. The number of esters is 2. The fraction of sp³-hybridized carbons (Fsp3) is 0.275. The topological polar surface area (TPSA) is 117 Å². The summed E-state index contributed by atoms with van der Waals surface area (Å²) in [5, 5.41) is 0. The van der Waals surface area contributed by atoms with Gasteiger partial charge in [0, 0.05) is 38.8 Å². The van der Waals surface area contributed by atoms with Crippen molar-refractivity contribution in [3.05, 3.63) is 141 Å². The van der Waals surface area contributed by atoms with Crippen molar-refractivity contribution in [2.75, 3.05) is 20.7 Å². The molecule has 0 bridgehead atoms. The number of ether oxygens (including phenoxy) is 3. The number of aliphatic imine (C=N–C) groups is 1. The Morgan fingerprint density at radius 3 is 2.25 bits per heavy atom. The Morgan fingerprint density at radius 2 is 1.63 bits per heavy atom. The number of hydrogen-bond donors (Lipinski definition) is 0. The van der Waals surface area contributed by atoms with E-state index in [9.17, 15) is 14.4 Å². The van der Waals surface area contributed by atoms with E-state index in [0.29, 0.717) is 34.3 Å². The first kappa shape index (κ1) is 35.0. The molecule has 1 fully saturated rings. The monoisotopic (exact) mass is 687 g/mol. The molecule has 3 heterocycles. The molecular weight excluding hydrogens is 646 g/mol. The van der Waals surface area contributed by atoms with Gasteiger partial charge in [0.05, 0.1) is 30.1 Å². The van der Waals surface area contributed by atoms with Gasteiger partial charge in [0.2, 0.25) is 5.95 Å². The van der Waals surface area contributed by atoms with Crippen molar-refractivity contribution < 1.29 is 23.8 Å². The van der Waals surface area contributed by atoms with E-state index < -0.39 is 30.3 Å². The van der Waals surface area contributed by atoms with Crippen LogP contribution < -0.4 is 5.56 Å². The zero-order chi connectivity index (χ0) is 36.1.